The van der Waals surface area contributed by atoms with Gasteiger partial charge in [-0.15, -0.1) is 10.2 Å². The van der Waals surface area contributed by atoms with Crippen LogP contribution in [-0.2, 0) is 11.3 Å². The number of amides is 3. The third-order valence-electron chi connectivity index (χ3n) is 4.42. The maximum atomic E-state index is 12.5. The van der Waals surface area contributed by atoms with E-state index in [1.165, 1.54) is 11.8 Å². The Morgan fingerprint density at radius 3 is 2.45 bits per heavy atom. The van der Waals surface area contributed by atoms with Crippen molar-refractivity contribution in [2.75, 3.05) is 0 Å². The molecule has 1 heterocycles. The van der Waals surface area contributed by atoms with E-state index in [4.69, 9.17) is 28.9 Å². The first kappa shape index (κ1) is 23.1. The van der Waals surface area contributed by atoms with Crippen molar-refractivity contribution < 1.29 is 9.59 Å². The molecule has 0 radical (unpaired) electrons. The number of hydrogen-bond donors (Lipinski definition) is 2. The Balaban J connectivity index is 2.04. The number of nitrogens with one attached hydrogen (secondary N) is 1. The summed E-state index contributed by atoms with van der Waals surface area (Å²) in [7, 11) is 0. The molecule has 10 heteroatoms. The molecule has 0 fully saturated rings. The van der Waals surface area contributed by atoms with Crippen LogP contribution in [0.25, 0.3) is 11.4 Å². The smallest absolute Gasteiger partial charge is 0.318 e. The second-order valence-electron chi connectivity index (χ2n) is 7.14. The molecule has 3 amide bonds. The first-order chi connectivity index (χ1) is 14.8. The van der Waals surface area contributed by atoms with E-state index in [0.29, 0.717) is 33.1 Å². The second kappa shape index (κ2) is 10.2. The van der Waals surface area contributed by atoms with Crippen molar-refractivity contribution in [2.45, 2.75) is 30.8 Å². The van der Waals surface area contributed by atoms with Gasteiger partial charge in [0.1, 0.15) is 0 Å². The highest BCUT2D eigenvalue weighted by molar-refractivity contribution is 8.00. The molecule has 2 aromatic carbocycles. The van der Waals surface area contributed by atoms with Crippen molar-refractivity contribution in [1.82, 2.24) is 20.1 Å². The Kier molecular flexibility index (Phi) is 7.59. The molecule has 1 aromatic heterocycles. The Bertz CT molecular complexity index is 1090. The molecule has 0 saturated carbocycles. The van der Waals surface area contributed by atoms with E-state index in [2.05, 4.69) is 15.5 Å². The number of hydrogen-bond acceptors (Lipinski definition) is 5. The first-order valence-electron chi connectivity index (χ1n) is 9.45. The topological polar surface area (TPSA) is 103 Å². The number of rotatable bonds is 7. The van der Waals surface area contributed by atoms with Crippen LogP contribution < -0.4 is 11.1 Å². The summed E-state index contributed by atoms with van der Waals surface area (Å²) in [6.45, 7) is 4.23. The summed E-state index contributed by atoms with van der Waals surface area (Å²) in [5.41, 5.74) is 6.82. The summed E-state index contributed by atoms with van der Waals surface area (Å²) < 4.78 is 1.89. The van der Waals surface area contributed by atoms with Crippen LogP contribution in [0.15, 0.2) is 53.7 Å². The van der Waals surface area contributed by atoms with Crippen LogP contribution >= 0.6 is 35.0 Å². The predicted octanol–water partition coefficient (Wildman–Crippen LogP) is 4.61. The third-order valence-corrected chi connectivity index (χ3v) is 6.49. The quantitative estimate of drug-likeness (QED) is 0.483. The fourth-order valence-electron chi connectivity index (χ4n) is 2.95. The number of primary amides is 1. The molecule has 0 bridgehead atoms. The van der Waals surface area contributed by atoms with Crippen molar-refractivity contribution >= 4 is 46.9 Å². The van der Waals surface area contributed by atoms with Gasteiger partial charge in [-0.1, -0.05) is 79.1 Å². The maximum Gasteiger partial charge on any atom is 0.318 e. The van der Waals surface area contributed by atoms with E-state index < -0.39 is 17.2 Å². The molecule has 0 spiro atoms. The van der Waals surface area contributed by atoms with Gasteiger partial charge in [-0.3, -0.25) is 14.7 Å². The van der Waals surface area contributed by atoms with E-state index in [9.17, 15) is 9.59 Å². The van der Waals surface area contributed by atoms with Gasteiger partial charge in [-0.05, 0) is 29.7 Å². The Morgan fingerprint density at radius 1 is 1.13 bits per heavy atom. The minimum atomic E-state index is -0.893. The first-order valence-corrected chi connectivity index (χ1v) is 11.1. The average molecular weight is 478 g/mol. The van der Waals surface area contributed by atoms with Gasteiger partial charge < -0.3 is 5.73 Å². The standard InChI is InChI=1S/C21H21Cl2N5O2S/c1-12(2)17(19(29)25-20(24)30)31-21-27-26-18(15-9-8-14(22)10-16(15)23)28(21)11-13-6-4-3-5-7-13/h3-10,12,17H,11H2,1-2H3,(H3,24,25,29,30). The number of aromatic nitrogens is 3. The number of thioether (sulfide) groups is 1. The zero-order valence-corrected chi connectivity index (χ0v) is 19.2. The minimum absolute atomic E-state index is 0.0891. The summed E-state index contributed by atoms with van der Waals surface area (Å²) in [5.74, 6) is -0.0209. The van der Waals surface area contributed by atoms with Crippen LogP contribution in [0.5, 0.6) is 0 Å². The molecule has 1 unspecified atom stereocenters. The lowest BCUT2D eigenvalue weighted by Gasteiger charge is -2.19. The lowest BCUT2D eigenvalue weighted by molar-refractivity contribution is -0.120. The molecule has 162 valence electrons. The lowest BCUT2D eigenvalue weighted by Crippen LogP contribution is -2.42. The van der Waals surface area contributed by atoms with Crippen LogP contribution in [-0.4, -0.2) is 32.0 Å². The summed E-state index contributed by atoms with van der Waals surface area (Å²) in [4.78, 5) is 23.7. The largest absolute Gasteiger partial charge is 0.351 e. The van der Waals surface area contributed by atoms with Crippen LogP contribution in [0.2, 0.25) is 10.0 Å². The fraction of sp³-hybridized carbons (Fsp3) is 0.238. The molecular formula is C21H21Cl2N5O2S. The molecule has 0 aliphatic carbocycles. The molecule has 3 rings (SSSR count). The van der Waals surface area contributed by atoms with Gasteiger partial charge in [0.05, 0.1) is 16.8 Å². The number of halogens is 2. The zero-order valence-electron chi connectivity index (χ0n) is 16.9. The minimum Gasteiger partial charge on any atom is -0.351 e. The summed E-state index contributed by atoms with van der Waals surface area (Å²) in [5, 5.41) is 11.7. The van der Waals surface area contributed by atoms with Crippen LogP contribution in [0.1, 0.15) is 19.4 Å². The Morgan fingerprint density at radius 2 is 1.84 bits per heavy atom. The average Bonchev–Trinajstić information content (AvgIpc) is 3.08. The fourth-order valence-corrected chi connectivity index (χ4v) is 4.48. The number of urea groups is 1. The van der Waals surface area contributed by atoms with E-state index >= 15 is 0 Å². The Labute approximate surface area is 194 Å². The Hall–Kier alpha value is -2.55. The molecule has 7 nitrogen and oxygen atoms in total. The summed E-state index contributed by atoms with van der Waals surface area (Å²) >= 11 is 13.7. The summed E-state index contributed by atoms with van der Waals surface area (Å²) in [6, 6.07) is 14.1. The second-order valence-corrected chi connectivity index (χ2v) is 9.09. The van der Waals surface area contributed by atoms with Crippen LogP contribution in [0, 0.1) is 5.92 Å². The SMILES string of the molecule is CC(C)C(Sc1nnc(-c2ccc(Cl)cc2Cl)n1Cc1ccccc1)C(=O)NC(N)=O. The number of carbonyl (C=O) groups is 2. The number of nitrogens with two attached hydrogens (primary N) is 1. The number of nitrogens with zero attached hydrogens (tertiary/aromatic N) is 3. The van der Waals surface area contributed by atoms with Gasteiger partial charge >= 0.3 is 6.03 Å². The molecule has 3 aromatic rings. The van der Waals surface area contributed by atoms with E-state index in [1.54, 1.807) is 18.2 Å². The van der Waals surface area contributed by atoms with Crippen molar-refractivity contribution in [3.63, 3.8) is 0 Å². The van der Waals surface area contributed by atoms with E-state index in [0.717, 1.165) is 5.56 Å². The third kappa shape index (κ3) is 5.78. The van der Waals surface area contributed by atoms with Crippen molar-refractivity contribution in [1.29, 1.82) is 0 Å². The number of imide groups is 1. The van der Waals surface area contributed by atoms with Crippen LogP contribution in [0.4, 0.5) is 4.79 Å². The van der Waals surface area contributed by atoms with Gasteiger partial charge in [0.25, 0.3) is 0 Å². The molecule has 0 saturated heterocycles. The van der Waals surface area contributed by atoms with Crippen molar-refractivity contribution in [2.24, 2.45) is 11.7 Å². The lowest BCUT2D eigenvalue weighted by atomic mass is 10.1. The highest BCUT2D eigenvalue weighted by Crippen LogP contribution is 2.34. The zero-order chi connectivity index (χ0) is 22.5. The normalized spacial score (nSPS) is 12.0. The van der Waals surface area contributed by atoms with Gasteiger partial charge in [-0.25, -0.2) is 4.79 Å². The van der Waals surface area contributed by atoms with Crippen LogP contribution in [0.3, 0.4) is 0 Å². The van der Waals surface area contributed by atoms with Gasteiger partial charge in [0.15, 0.2) is 11.0 Å². The number of carbonyl (C=O) groups excluding carboxylic acids is 2. The van der Waals surface area contributed by atoms with Gasteiger partial charge in [0, 0.05) is 10.6 Å². The van der Waals surface area contributed by atoms with E-state index in [-0.39, 0.29) is 5.92 Å². The molecule has 31 heavy (non-hydrogen) atoms. The van der Waals surface area contributed by atoms with Gasteiger partial charge in [0.2, 0.25) is 5.91 Å². The summed E-state index contributed by atoms with van der Waals surface area (Å²) in [6.07, 6.45) is 0. The molecule has 1 atom stereocenters. The van der Waals surface area contributed by atoms with Crippen molar-refractivity contribution in [3.8, 4) is 11.4 Å². The molecule has 0 aliphatic rings. The monoisotopic (exact) mass is 477 g/mol. The molecule has 3 N–H and O–H groups in total. The maximum absolute atomic E-state index is 12.5. The predicted molar refractivity (Wildman–Crippen MR) is 123 cm³/mol. The molecular weight excluding hydrogens is 457 g/mol. The highest BCUT2D eigenvalue weighted by atomic mass is 35.5. The highest BCUT2D eigenvalue weighted by Gasteiger charge is 2.28. The van der Waals surface area contributed by atoms with Gasteiger partial charge in [-0.2, -0.15) is 0 Å². The van der Waals surface area contributed by atoms with E-state index in [1.807, 2.05) is 48.7 Å². The molecule has 0 aliphatic heterocycles. The van der Waals surface area contributed by atoms with Crippen molar-refractivity contribution in [3.05, 3.63) is 64.1 Å². The number of benzene rings is 2.